The summed E-state index contributed by atoms with van der Waals surface area (Å²) in [6.07, 6.45) is 3.06. The van der Waals surface area contributed by atoms with E-state index >= 15 is 0 Å². The molecule has 0 saturated carbocycles. The molecule has 0 fully saturated rings. The van der Waals surface area contributed by atoms with Gasteiger partial charge in [0.25, 0.3) is 0 Å². The molecule has 0 aliphatic carbocycles. The van der Waals surface area contributed by atoms with Gasteiger partial charge in [0.1, 0.15) is 11.5 Å². The van der Waals surface area contributed by atoms with E-state index in [2.05, 4.69) is 40.8 Å². The minimum atomic E-state index is 0.695. The summed E-state index contributed by atoms with van der Waals surface area (Å²) in [5, 5.41) is 4.73. The van der Waals surface area contributed by atoms with Gasteiger partial charge in [0.2, 0.25) is 0 Å². The molecule has 1 heterocycles. The fourth-order valence-electron chi connectivity index (χ4n) is 2.86. The summed E-state index contributed by atoms with van der Waals surface area (Å²) in [6.45, 7) is 4.46. The van der Waals surface area contributed by atoms with Crippen LogP contribution in [0.4, 0.5) is 0 Å². The normalized spacial score (nSPS) is 10.9. The van der Waals surface area contributed by atoms with Crippen molar-refractivity contribution in [2.45, 2.75) is 19.9 Å². The maximum atomic E-state index is 5.54. The first-order valence-electron chi connectivity index (χ1n) is 8.36. The third-order valence-electron chi connectivity index (χ3n) is 4.08. The molecule has 0 unspecified atom stereocenters. The van der Waals surface area contributed by atoms with Gasteiger partial charge in [-0.05, 0) is 61.3 Å². The highest BCUT2D eigenvalue weighted by molar-refractivity contribution is 5.84. The van der Waals surface area contributed by atoms with Crippen molar-refractivity contribution in [3.05, 3.63) is 59.8 Å². The molecule has 3 rings (SSSR count). The van der Waals surface area contributed by atoms with Crippen molar-refractivity contribution in [2.75, 3.05) is 20.3 Å². The predicted molar refractivity (Wildman–Crippen MR) is 97.9 cm³/mol. The van der Waals surface area contributed by atoms with Gasteiger partial charge in [0.05, 0.1) is 13.7 Å². The standard InChI is InChI=1S/C20H24N2O2/c1-3-24-18-6-4-5-15(11-18)13-21-10-9-16-14-22-20-8-7-17(23-2)12-19(16)20/h4-8,11-12,14,21-22H,3,9-10,13H2,1-2H3. The third-order valence-corrected chi connectivity index (χ3v) is 4.08. The number of ether oxygens (including phenoxy) is 2. The van der Waals surface area contributed by atoms with E-state index in [1.807, 2.05) is 25.1 Å². The minimum Gasteiger partial charge on any atom is -0.497 e. The Kier molecular flexibility index (Phi) is 5.39. The number of fused-ring (bicyclic) bond motifs is 1. The van der Waals surface area contributed by atoms with Gasteiger partial charge in [-0.15, -0.1) is 0 Å². The summed E-state index contributed by atoms with van der Waals surface area (Å²) in [5.41, 5.74) is 3.69. The van der Waals surface area contributed by atoms with Gasteiger partial charge in [-0.2, -0.15) is 0 Å². The number of methoxy groups -OCH3 is 1. The van der Waals surface area contributed by atoms with Crippen LogP contribution in [0.5, 0.6) is 11.5 Å². The first-order chi connectivity index (χ1) is 11.8. The molecule has 0 spiro atoms. The van der Waals surface area contributed by atoms with E-state index in [1.165, 1.54) is 16.5 Å². The first kappa shape index (κ1) is 16.4. The van der Waals surface area contributed by atoms with Gasteiger partial charge in [-0.3, -0.25) is 0 Å². The van der Waals surface area contributed by atoms with Crippen molar-refractivity contribution in [1.29, 1.82) is 0 Å². The highest BCUT2D eigenvalue weighted by Crippen LogP contribution is 2.23. The Morgan fingerprint density at radius 3 is 2.83 bits per heavy atom. The summed E-state index contributed by atoms with van der Waals surface area (Å²) < 4.78 is 10.9. The van der Waals surface area contributed by atoms with Crippen molar-refractivity contribution in [2.24, 2.45) is 0 Å². The van der Waals surface area contributed by atoms with Crippen LogP contribution in [0.15, 0.2) is 48.7 Å². The average molecular weight is 324 g/mol. The molecule has 0 aliphatic rings. The van der Waals surface area contributed by atoms with Crippen LogP contribution >= 0.6 is 0 Å². The van der Waals surface area contributed by atoms with Gasteiger partial charge in [0, 0.05) is 23.6 Å². The van der Waals surface area contributed by atoms with Crippen LogP contribution in [0.25, 0.3) is 10.9 Å². The zero-order valence-corrected chi connectivity index (χ0v) is 14.3. The first-order valence-corrected chi connectivity index (χ1v) is 8.36. The largest absolute Gasteiger partial charge is 0.497 e. The number of rotatable bonds is 8. The molecule has 4 heteroatoms. The van der Waals surface area contributed by atoms with Crippen molar-refractivity contribution < 1.29 is 9.47 Å². The lowest BCUT2D eigenvalue weighted by atomic mass is 10.1. The van der Waals surface area contributed by atoms with E-state index in [0.717, 1.165) is 36.5 Å². The molecule has 0 amide bonds. The lowest BCUT2D eigenvalue weighted by molar-refractivity contribution is 0.340. The van der Waals surface area contributed by atoms with E-state index < -0.39 is 0 Å². The molecule has 4 nitrogen and oxygen atoms in total. The molecule has 24 heavy (non-hydrogen) atoms. The lowest BCUT2D eigenvalue weighted by Crippen LogP contribution is -2.16. The van der Waals surface area contributed by atoms with Gasteiger partial charge in [-0.25, -0.2) is 0 Å². The van der Waals surface area contributed by atoms with Crippen LogP contribution in [-0.2, 0) is 13.0 Å². The molecular weight excluding hydrogens is 300 g/mol. The van der Waals surface area contributed by atoms with Crippen molar-refractivity contribution >= 4 is 10.9 Å². The Hall–Kier alpha value is -2.46. The maximum absolute atomic E-state index is 5.54. The van der Waals surface area contributed by atoms with Gasteiger partial charge >= 0.3 is 0 Å². The predicted octanol–water partition coefficient (Wildman–Crippen LogP) is 3.91. The fourth-order valence-corrected chi connectivity index (χ4v) is 2.86. The van der Waals surface area contributed by atoms with Gasteiger partial charge < -0.3 is 19.8 Å². The van der Waals surface area contributed by atoms with E-state index in [9.17, 15) is 0 Å². The Balaban J connectivity index is 1.56. The van der Waals surface area contributed by atoms with Crippen molar-refractivity contribution in [1.82, 2.24) is 10.3 Å². The van der Waals surface area contributed by atoms with Crippen LogP contribution in [0.2, 0.25) is 0 Å². The van der Waals surface area contributed by atoms with Crippen molar-refractivity contribution in [3.63, 3.8) is 0 Å². The summed E-state index contributed by atoms with van der Waals surface area (Å²) in [7, 11) is 1.70. The number of H-pyrrole nitrogens is 1. The summed E-state index contributed by atoms with van der Waals surface area (Å²) in [4.78, 5) is 3.32. The smallest absolute Gasteiger partial charge is 0.119 e. The topological polar surface area (TPSA) is 46.3 Å². The molecule has 0 atom stereocenters. The Labute approximate surface area is 142 Å². The Bertz CT molecular complexity index is 795. The Morgan fingerprint density at radius 1 is 1.08 bits per heavy atom. The quantitative estimate of drug-likeness (QED) is 0.618. The van der Waals surface area contributed by atoms with Crippen LogP contribution in [-0.4, -0.2) is 25.2 Å². The number of hydrogen-bond donors (Lipinski definition) is 2. The van der Waals surface area contributed by atoms with Crippen LogP contribution < -0.4 is 14.8 Å². The summed E-state index contributed by atoms with van der Waals surface area (Å²) >= 11 is 0. The maximum Gasteiger partial charge on any atom is 0.119 e. The number of aromatic amines is 1. The average Bonchev–Trinajstić information content (AvgIpc) is 3.01. The Morgan fingerprint density at radius 2 is 2.00 bits per heavy atom. The van der Waals surface area contributed by atoms with Crippen LogP contribution in [0, 0.1) is 0 Å². The van der Waals surface area contributed by atoms with Crippen LogP contribution in [0.1, 0.15) is 18.1 Å². The second kappa shape index (κ2) is 7.88. The summed E-state index contributed by atoms with van der Waals surface area (Å²) in [5.74, 6) is 1.82. The van der Waals surface area contributed by atoms with E-state index in [4.69, 9.17) is 9.47 Å². The van der Waals surface area contributed by atoms with Crippen LogP contribution in [0.3, 0.4) is 0 Å². The molecule has 126 valence electrons. The lowest BCUT2D eigenvalue weighted by Gasteiger charge is -2.08. The molecule has 2 N–H and O–H groups in total. The monoisotopic (exact) mass is 324 g/mol. The molecule has 0 saturated heterocycles. The second-order valence-electron chi connectivity index (χ2n) is 5.73. The van der Waals surface area contributed by atoms with Gasteiger partial charge in [0.15, 0.2) is 0 Å². The van der Waals surface area contributed by atoms with E-state index in [-0.39, 0.29) is 0 Å². The molecule has 1 aromatic heterocycles. The second-order valence-corrected chi connectivity index (χ2v) is 5.73. The molecule has 2 aromatic carbocycles. The number of aromatic nitrogens is 1. The SMILES string of the molecule is CCOc1cccc(CNCCc2c[nH]c3ccc(OC)cc23)c1. The molecular formula is C20H24N2O2. The summed E-state index contributed by atoms with van der Waals surface area (Å²) in [6, 6.07) is 14.4. The number of nitrogens with one attached hydrogen (secondary N) is 2. The fraction of sp³-hybridized carbons (Fsp3) is 0.300. The number of hydrogen-bond acceptors (Lipinski definition) is 3. The van der Waals surface area contributed by atoms with E-state index in [0.29, 0.717) is 6.61 Å². The number of benzene rings is 2. The highest BCUT2D eigenvalue weighted by atomic mass is 16.5. The zero-order chi connectivity index (χ0) is 16.8. The van der Waals surface area contributed by atoms with Crippen molar-refractivity contribution in [3.8, 4) is 11.5 Å². The third kappa shape index (κ3) is 3.89. The molecule has 0 bridgehead atoms. The molecule has 3 aromatic rings. The van der Waals surface area contributed by atoms with Gasteiger partial charge in [-0.1, -0.05) is 12.1 Å². The molecule has 0 radical (unpaired) electrons. The minimum absolute atomic E-state index is 0.695. The molecule has 0 aliphatic heterocycles. The highest BCUT2D eigenvalue weighted by Gasteiger charge is 2.05. The zero-order valence-electron chi connectivity index (χ0n) is 14.3. The van der Waals surface area contributed by atoms with E-state index in [1.54, 1.807) is 7.11 Å².